The van der Waals surface area contributed by atoms with Crippen LogP contribution in [0, 0.1) is 11.3 Å². The highest BCUT2D eigenvalue weighted by atomic mass is 19.4. The molecule has 0 aliphatic carbocycles. The van der Waals surface area contributed by atoms with Crippen LogP contribution in [0.15, 0.2) is 18.2 Å². The van der Waals surface area contributed by atoms with Gasteiger partial charge in [0.15, 0.2) is 0 Å². The van der Waals surface area contributed by atoms with Crippen LogP contribution in [0.4, 0.5) is 23.7 Å². The lowest BCUT2D eigenvalue weighted by Crippen LogP contribution is -2.32. The molecule has 0 bridgehead atoms. The Kier molecular flexibility index (Phi) is 4.21. The Bertz CT molecular complexity index is 580. The van der Waals surface area contributed by atoms with Crippen molar-refractivity contribution in [1.82, 2.24) is 10.2 Å². The fourth-order valence-corrected chi connectivity index (χ4v) is 2.02. The van der Waals surface area contributed by atoms with Gasteiger partial charge in [0.05, 0.1) is 16.8 Å². The molecular weight excluding hydrogens is 285 g/mol. The number of amides is 2. The first kappa shape index (κ1) is 15.0. The maximum atomic E-state index is 12.6. The average Bonchev–Trinajstić information content (AvgIpc) is 2.83. The lowest BCUT2D eigenvalue weighted by atomic mass is 10.1. The molecule has 2 rings (SSSR count). The second-order valence-corrected chi connectivity index (χ2v) is 4.52. The third kappa shape index (κ3) is 3.56. The quantitative estimate of drug-likeness (QED) is 0.893. The van der Waals surface area contributed by atoms with Crippen molar-refractivity contribution >= 4 is 11.7 Å². The van der Waals surface area contributed by atoms with E-state index in [1.54, 1.807) is 11.0 Å². The summed E-state index contributed by atoms with van der Waals surface area (Å²) in [7, 11) is 0. The molecule has 0 spiro atoms. The van der Waals surface area contributed by atoms with Crippen molar-refractivity contribution in [3.63, 3.8) is 0 Å². The summed E-state index contributed by atoms with van der Waals surface area (Å²) < 4.78 is 37.7. The van der Waals surface area contributed by atoms with Gasteiger partial charge in [-0.2, -0.15) is 18.4 Å². The van der Waals surface area contributed by atoms with Crippen LogP contribution in [0.3, 0.4) is 0 Å². The fraction of sp³-hybridized carbons (Fsp3) is 0.385. The molecule has 0 radical (unpaired) electrons. The van der Waals surface area contributed by atoms with Gasteiger partial charge < -0.3 is 15.5 Å². The molecule has 0 aromatic heterocycles. The second-order valence-electron chi connectivity index (χ2n) is 4.52. The third-order valence-corrected chi connectivity index (χ3v) is 3.11. The maximum Gasteiger partial charge on any atom is 0.416 e. The average molecular weight is 298 g/mol. The van der Waals surface area contributed by atoms with Gasteiger partial charge in [-0.15, -0.1) is 0 Å². The Hall–Kier alpha value is -2.43. The number of nitrogens with one attached hydrogen (secondary N) is 2. The normalized spacial score (nSPS) is 14.8. The predicted molar refractivity (Wildman–Crippen MR) is 69.6 cm³/mol. The first-order chi connectivity index (χ1) is 9.91. The summed E-state index contributed by atoms with van der Waals surface area (Å²) in [6.07, 6.45) is -4.47. The van der Waals surface area contributed by atoms with Crippen LogP contribution in [0.1, 0.15) is 11.1 Å². The summed E-state index contributed by atoms with van der Waals surface area (Å²) in [5, 5.41) is 14.5. The van der Waals surface area contributed by atoms with E-state index in [1.807, 2.05) is 0 Å². The molecule has 0 atom stereocenters. The number of urea groups is 1. The van der Waals surface area contributed by atoms with E-state index in [0.29, 0.717) is 31.9 Å². The Morgan fingerprint density at radius 3 is 2.76 bits per heavy atom. The van der Waals surface area contributed by atoms with Crippen LogP contribution >= 0.6 is 0 Å². The minimum absolute atomic E-state index is 0.0734. The van der Waals surface area contributed by atoms with E-state index in [2.05, 4.69) is 10.6 Å². The molecule has 1 heterocycles. The third-order valence-electron chi connectivity index (χ3n) is 3.11. The Morgan fingerprint density at radius 1 is 1.43 bits per heavy atom. The summed E-state index contributed by atoms with van der Waals surface area (Å²) in [6, 6.07) is 4.54. The Morgan fingerprint density at radius 2 is 2.19 bits per heavy atom. The van der Waals surface area contributed by atoms with Crippen LogP contribution in [0.25, 0.3) is 0 Å². The zero-order valence-electron chi connectivity index (χ0n) is 11.0. The molecule has 1 aromatic rings. The highest BCUT2D eigenvalue weighted by molar-refractivity contribution is 5.76. The summed E-state index contributed by atoms with van der Waals surface area (Å²) in [4.78, 5) is 12.9. The van der Waals surface area contributed by atoms with E-state index in [0.717, 1.165) is 12.1 Å². The van der Waals surface area contributed by atoms with Crippen LogP contribution in [0.5, 0.6) is 0 Å². The zero-order valence-corrected chi connectivity index (χ0v) is 11.0. The molecule has 21 heavy (non-hydrogen) atoms. The zero-order chi connectivity index (χ0) is 15.5. The maximum absolute atomic E-state index is 12.6. The van der Waals surface area contributed by atoms with Gasteiger partial charge in [0.1, 0.15) is 6.07 Å². The second kappa shape index (κ2) is 5.91. The molecular formula is C13H13F3N4O. The minimum atomic E-state index is -4.47. The van der Waals surface area contributed by atoms with E-state index in [9.17, 15) is 18.0 Å². The van der Waals surface area contributed by atoms with Crippen LogP contribution < -0.4 is 10.6 Å². The number of hydrogen-bond acceptors (Lipinski definition) is 3. The molecule has 5 nitrogen and oxygen atoms in total. The fourth-order valence-electron chi connectivity index (χ4n) is 2.02. The number of anilines is 1. The van der Waals surface area contributed by atoms with Crippen LogP contribution in [-0.4, -0.2) is 37.1 Å². The van der Waals surface area contributed by atoms with E-state index in [4.69, 9.17) is 5.26 Å². The van der Waals surface area contributed by atoms with Crippen molar-refractivity contribution in [1.29, 1.82) is 5.26 Å². The topological polar surface area (TPSA) is 68.2 Å². The van der Waals surface area contributed by atoms with E-state index in [1.165, 1.54) is 6.07 Å². The van der Waals surface area contributed by atoms with Crippen molar-refractivity contribution in [2.24, 2.45) is 0 Å². The molecule has 1 aliphatic rings. The SMILES string of the molecule is N#Cc1cc(C(F)(F)F)ccc1NCCN1CCNC1=O. The molecule has 1 fully saturated rings. The molecule has 1 saturated heterocycles. The molecule has 8 heteroatoms. The smallest absolute Gasteiger partial charge is 0.382 e. The summed E-state index contributed by atoms with van der Waals surface area (Å²) in [5.41, 5.74) is -0.607. The molecule has 112 valence electrons. The monoisotopic (exact) mass is 298 g/mol. The number of carbonyl (C=O) groups is 1. The van der Waals surface area contributed by atoms with Gasteiger partial charge in [0, 0.05) is 26.2 Å². The lowest BCUT2D eigenvalue weighted by Gasteiger charge is -2.16. The van der Waals surface area contributed by atoms with Crippen molar-refractivity contribution in [2.75, 3.05) is 31.5 Å². The Balaban J connectivity index is 2.00. The van der Waals surface area contributed by atoms with E-state index >= 15 is 0 Å². The lowest BCUT2D eigenvalue weighted by molar-refractivity contribution is -0.137. The van der Waals surface area contributed by atoms with Gasteiger partial charge in [0.2, 0.25) is 0 Å². The number of nitrogens with zero attached hydrogens (tertiary/aromatic N) is 2. The molecule has 0 saturated carbocycles. The van der Waals surface area contributed by atoms with Gasteiger partial charge in [-0.3, -0.25) is 0 Å². The number of carbonyl (C=O) groups excluding carboxylic acids is 1. The number of nitriles is 1. The van der Waals surface area contributed by atoms with E-state index in [-0.39, 0.29) is 11.6 Å². The largest absolute Gasteiger partial charge is 0.416 e. The van der Waals surface area contributed by atoms with Crippen molar-refractivity contribution in [2.45, 2.75) is 6.18 Å². The molecule has 0 unspecified atom stereocenters. The van der Waals surface area contributed by atoms with Gasteiger partial charge in [-0.25, -0.2) is 4.79 Å². The molecule has 2 amide bonds. The number of rotatable bonds is 4. The highest BCUT2D eigenvalue weighted by Gasteiger charge is 2.31. The standard InChI is InChI=1S/C13H13F3N4O/c14-13(15,16)10-1-2-11(9(7-10)8-17)18-3-5-20-6-4-19-12(20)21/h1-2,7,18H,3-6H2,(H,19,21). The highest BCUT2D eigenvalue weighted by Crippen LogP contribution is 2.31. The number of benzene rings is 1. The van der Waals surface area contributed by atoms with Crippen LogP contribution in [0.2, 0.25) is 0 Å². The predicted octanol–water partition coefficient (Wildman–Crippen LogP) is 2.01. The van der Waals surface area contributed by atoms with Gasteiger partial charge in [0.25, 0.3) is 0 Å². The van der Waals surface area contributed by atoms with Crippen molar-refractivity contribution in [3.05, 3.63) is 29.3 Å². The molecule has 1 aromatic carbocycles. The van der Waals surface area contributed by atoms with Crippen LogP contribution in [-0.2, 0) is 6.18 Å². The molecule has 1 aliphatic heterocycles. The van der Waals surface area contributed by atoms with Gasteiger partial charge in [-0.05, 0) is 18.2 Å². The van der Waals surface area contributed by atoms with Gasteiger partial charge >= 0.3 is 12.2 Å². The summed E-state index contributed by atoms with van der Waals surface area (Å²) in [6.45, 7) is 1.95. The summed E-state index contributed by atoms with van der Waals surface area (Å²) >= 11 is 0. The van der Waals surface area contributed by atoms with E-state index < -0.39 is 11.7 Å². The number of halogens is 3. The first-order valence-corrected chi connectivity index (χ1v) is 6.30. The number of alkyl halides is 3. The number of hydrogen-bond donors (Lipinski definition) is 2. The summed E-state index contributed by atoms with van der Waals surface area (Å²) in [5.74, 6) is 0. The first-order valence-electron chi connectivity index (χ1n) is 6.30. The van der Waals surface area contributed by atoms with Crippen molar-refractivity contribution in [3.8, 4) is 6.07 Å². The van der Waals surface area contributed by atoms with Gasteiger partial charge in [-0.1, -0.05) is 0 Å². The Labute approximate surface area is 119 Å². The van der Waals surface area contributed by atoms with Crippen molar-refractivity contribution < 1.29 is 18.0 Å². The minimum Gasteiger partial charge on any atom is -0.382 e. The molecule has 2 N–H and O–H groups in total.